The molecule has 0 unspecified atom stereocenters. The molecule has 1 aliphatic rings. The van der Waals surface area contributed by atoms with E-state index in [0.717, 1.165) is 16.7 Å². The first-order chi connectivity index (χ1) is 13.9. The zero-order valence-electron chi connectivity index (χ0n) is 16.8. The highest BCUT2D eigenvalue weighted by molar-refractivity contribution is 5.97. The molecule has 2 atom stereocenters. The van der Waals surface area contributed by atoms with Gasteiger partial charge in [0.2, 0.25) is 0 Å². The molecule has 150 valence electrons. The molecule has 2 heterocycles. The van der Waals surface area contributed by atoms with Gasteiger partial charge in [-0.15, -0.1) is 0 Å². The van der Waals surface area contributed by atoms with Crippen molar-refractivity contribution in [1.82, 2.24) is 9.38 Å². The van der Waals surface area contributed by atoms with Gasteiger partial charge in [0.05, 0.1) is 18.2 Å². The minimum Gasteiger partial charge on any atom is -0.490 e. The van der Waals surface area contributed by atoms with Crippen LogP contribution in [0.3, 0.4) is 0 Å². The average molecular weight is 392 g/mol. The number of carbonyl (C=O) groups is 2. The first-order valence-electron chi connectivity index (χ1n) is 9.87. The maximum atomic E-state index is 13.4. The number of carbonyl (C=O) groups excluding carboxylic acids is 1. The number of fused-ring (bicyclic) bond motifs is 2. The summed E-state index contributed by atoms with van der Waals surface area (Å²) in [5, 5.41) is 9.77. The van der Waals surface area contributed by atoms with E-state index in [2.05, 4.69) is 4.98 Å². The lowest BCUT2D eigenvalue weighted by Crippen LogP contribution is -2.22. The number of aliphatic carboxylic acids is 1. The first kappa shape index (κ1) is 19.2. The zero-order chi connectivity index (χ0) is 20.7. The number of pyridine rings is 1. The molecule has 0 spiro atoms. The topological polar surface area (TPSA) is 80.9 Å². The average Bonchev–Trinajstić information content (AvgIpc) is 3.21. The molecule has 1 aromatic carbocycles. The second-order valence-electron chi connectivity index (χ2n) is 7.58. The number of Topliss-reactive ketones (excluding diaryl/α,β-unsaturated/α-hetero) is 1. The Labute approximate surface area is 169 Å². The van der Waals surface area contributed by atoms with Gasteiger partial charge in [0, 0.05) is 18.5 Å². The highest BCUT2D eigenvalue weighted by Gasteiger charge is 2.39. The second kappa shape index (κ2) is 7.35. The molecule has 0 bridgehead atoms. The SMILES string of the molecule is CCOc1cccn2c(C(=O)C[C@@H]3c4c(C)cccc4C[C@H]3C(=O)O)c(C)nc12. The van der Waals surface area contributed by atoms with Crippen LogP contribution in [0.5, 0.6) is 5.75 Å². The molecule has 0 aliphatic heterocycles. The van der Waals surface area contributed by atoms with Crippen LogP contribution in [0, 0.1) is 19.8 Å². The molecule has 0 saturated carbocycles. The summed E-state index contributed by atoms with van der Waals surface area (Å²) in [6.07, 6.45) is 2.40. The van der Waals surface area contributed by atoms with Crippen molar-refractivity contribution < 1.29 is 19.4 Å². The molecule has 29 heavy (non-hydrogen) atoms. The first-order valence-corrected chi connectivity index (χ1v) is 9.87. The molecule has 0 saturated heterocycles. The quantitative estimate of drug-likeness (QED) is 0.642. The fourth-order valence-electron chi connectivity index (χ4n) is 4.59. The molecule has 4 rings (SSSR count). The maximum absolute atomic E-state index is 13.4. The minimum atomic E-state index is -0.855. The van der Waals surface area contributed by atoms with Crippen LogP contribution in [0.15, 0.2) is 36.5 Å². The van der Waals surface area contributed by atoms with Gasteiger partial charge in [-0.25, -0.2) is 4.98 Å². The van der Waals surface area contributed by atoms with Gasteiger partial charge >= 0.3 is 5.97 Å². The molecular weight excluding hydrogens is 368 g/mol. The molecule has 0 amide bonds. The summed E-state index contributed by atoms with van der Waals surface area (Å²) in [6, 6.07) is 9.55. The van der Waals surface area contributed by atoms with Crippen molar-refractivity contribution in [2.45, 2.75) is 39.5 Å². The van der Waals surface area contributed by atoms with Crippen molar-refractivity contribution in [2.24, 2.45) is 5.92 Å². The fraction of sp³-hybridized carbons (Fsp3) is 0.348. The van der Waals surface area contributed by atoms with Crippen LogP contribution in [0.4, 0.5) is 0 Å². The predicted octanol–water partition coefficient (Wildman–Crippen LogP) is 3.96. The van der Waals surface area contributed by atoms with Crippen LogP contribution in [0.2, 0.25) is 0 Å². The summed E-state index contributed by atoms with van der Waals surface area (Å²) in [6.45, 7) is 6.19. The number of aromatic nitrogens is 2. The Morgan fingerprint density at radius 2 is 2.03 bits per heavy atom. The van der Waals surface area contributed by atoms with Gasteiger partial charge in [0.1, 0.15) is 5.69 Å². The standard InChI is InChI=1S/C23H24N2O4/c1-4-29-19-9-6-10-25-21(14(3)24-22(19)25)18(26)12-16-17(23(27)28)11-15-8-5-7-13(2)20(15)16/h5-10,16-17H,4,11-12H2,1-3H3,(H,27,28)/t16-,17+/m0/s1. The van der Waals surface area contributed by atoms with Gasteiger partial charge in [-0.3, -0.25) is 14.0 Å². The number of hydrogen-bond acceptors (Lipinski definition) is 4. The summed E-state index contributed by atoms with van der Waals surface area (Å²) in [7, 11) is 0. The fourth-order valence-corrected chi connectivity index (χ4v) is 4.59. The summed E-state index contributed by atoms with van der Waals surface area (Å²) in [4.78, 5) is 29.8. The van der Waals surface area contributed by atoms with E-state index in [0.29, 0.717) is 35.8 Å². The van der Waals surface area contributed by atoms with Crippen LogP contribution in [0.25, 0.3) is 5.65 Å². The summed E-state index contributed by atoms with van der Waals surface area (Å²) >= 11 is 0. The van der Waals surface area contributed by atoms with E-state index in [1.165, 1.54) is 0 Å². The van der Waals surface area contributed by atoms with Crippen molar-refractivity contribution in [3.8, 4) is 5.75 Å². The Kier molecular flexibility index (Phi) is 4.86. The Morgan fingerprint density at radius 1 is 1.24 bits per heavy atom. The van der Waals surface area contributed by atoms with E-state index in [1.54, 1.807) is 17.5 Å². The third kappa shape index (κ3) is 3.18. The van der Waals surface area contributed by atoms with Gasteiger partial charge in [-0.2, -0.15) is 0 Å². The third-order valence-corrected chi connectivity index (χ3v) is 5.79. The van der Waals surface area contributed by atoms with E-state index in [4.69, 9.17) is 4.74 Å². The number of nitrogens with zero attached hydrogens (tertiary/aromatic N) is 2. The van der Waals surface area contributed by atoms with Crippen molar-refractivity contribution >= 4 is 17.4 Å². The van der Waals surface area contributed by atoms with Crippen molar-refractivity contribution in [1.29, 1.82) is 0 Å². The zero-order valence-corrected chi connectivity index (χ0v) is 16.8. The monoisotopic (exact) mass is 392 g/mol. The molecule has 1 aliphatic carbocycles. The highest BCUT2D eigenvalue weighted by Crippen LogP contribution is 2.43. The number of aryl methyl sites for hydroxylation is 2. The Hall–Kier alpha value is -3.15. The van der Waals surface area contributed by atoms with Gasteiger partial charge in [-0.05, 0) is 56.0 Å². The number of carboxylic acids is 1. The number of carboxylic acid groups (broad SMARTS) is 1. The lowest BCUT2D eigenvalue weighted by molar-refractivity contribution is -0.142. The number of benzene rings is 1. The smallest absolute Gasteiger partial charge is 0.307 e. The van der Waals surface area contributed by atoms with Crippen molar-refractivity contribution in [3.63, 3.8) is 0 Å². The van der Waals surface area contributed by atoms with Crippen LogP contribution in [-0.4, -0.2) is 32.9 Å². The van der Waals surface area contributed by atoms with Gasteiger partial charge in [0.25, 0.3) is 0 Å². The molecule has 0 radical (unpaired) electrons. The molecule has 6 nitrogen and oxygen atoms in total. The maximum Gasteiger partial charge on any atom is 0.307 e. The number of rotatable bonds is 6. The summed E-state index contributed by atoms with van der Waals surface area (Å²) in [5.41, 5.74) is 4.80. The Morgan fingerprint density at radius 3 is 2.76 bits per heavy atom. The lowest BCUT2D eigenvalue weighted by Gasteiger charge is -2.18. The van der Waals surface area contributed by atoms with Gasteiger partial charge < -0.3 is 9.84 Å². The van der Waals surface area contributed by atoms with E-state index in [9.17, 15) is 14.7 Å². The summed E-state index contributed by atoms with van der Waals surface area (Å²) < 4.78 is 7.40. The van der Waals surface area contributed by atoms with E-state index in [-0.39, 0.29) is 18.1 Å². The molecule has 1 N–H and O–H groups in total. The Balaban J connectivity index is 1.74. The van der Waals surface area contributed by atoms with Gasteiger partial charge in [-0.1, -0.05) is 18.2 Å². The van der Waals surface area contributed by atoms with Crippen molar-refractivity contribution in [2.75, 3.05) is 6.61 Å². The number of ether oxygens (including phenoxy) is 1. The molecular formula is C23H24N2O4. The largest absolute Gasteiger partial charge is 0.490 e. The van der Waals surface area contributed by atoms with E-state index >= 15 is 0 Å². The van der Waals surface area contributed by atoms with E-state index in [1.807, 2.05) is 44.2 Å². The van der Waals surface area contributed by atoms with Crippen LogP contribution >= 0.6 is 0 Å². The number of ketones is 1. The lowest BCUT2D eigenvalue weighted by atomic mass is 9.85. The second-order valence-corrected chi connectivity index (χ2v) is 7.58. The predicted molar refractivity (Wildman–Crippen MR) is 109 cm³/mol. The molecule has 6 heteroatoms. The van der Waals surface area contributed by atoms with Crippen LogP contribution in [-0.2, 0) is 11.2 Å². The normalized spacial score (nSPS) is 18.0. The van der Waals surface area contributed by atoms with E-state index < -0.39 is 11.9 Å². The van der Waals surface area contributed by atoms with Crippen LogP contribution < -0.4 is 4.74 Å². The minimum absolute atomic E-state index is 0.101. The van der Waals surface area contributed by atoms with Crippen molar-refractivity contribution in [3.05, 3.63) is 64.6 Å². The highest BCUT2D eigenvalue weighted by atomic mass is 16.5. The third-order valence-electron chi connectivity index (χ3n) is 5.79. The van der Waals surface area contributed by atoms with Gasteiger partial charge in [0.15, 0.2) is 17.2 Å². The molecule has 3 aromatic rings. The number of imidazole rings is 1. The Bertz CT molecular complexity index is 1120. The summed E-state index contributed by atoms with van der Waals surface area (Å²) in [5.74, 6) is -1.25. The molecule has 2 aromatic heterocycles. The molecule has 0 fully saturated rings. The number of hydrogen-bond donors (Lipinski definition) is 1. The van der Waals surface area contributed by atoms with Crippen LogP contribution in [0.1, 0.15) is 52.1 Å².